The van der Waals surface area contributed by atoms with Gasteiger partial charge in [0, 0.05) is 18.4 Å². The van der Waals surface area contributed by atoms with Gasteiger partial charge in [0.05, 0.1) is 19.3 Å². The van der Waals surface area contributed by atoms with Gasteiger partial charge in [-0.1, -0.05) is 20.8 Å². The maximum absolute atomic E-state index is 12.7. The standard InChI is InChI=1S/C27H50N4O5/c1-5-35-30-28-26(32)23-9-8-21-14-20(6-7-22(21)15-23)17-36-31-29-27(33)24-12-19(4)13-25(16-24)34-11-10-18(2)3/h18-25,30-31H,5-17H2,1-4H3,(H,28,32)(H,29,33). The molecule has 4 N–H and O–H groups in total. The summed E-state index contributed by atoms with van der Waals surface area (Å²) in [6.07, 6.45) is 10.2. The van der Waals surface area contributed by atoms with Crippen LogP contribution in [0.4, 0.5) is 0 Å². The topological polar surface area (TPSA) is 110 Å². The molecule has 3 aliphatic carbocycles. The van der Waals surface area contributed by atoms with Gasteiger partial charge < -0.3 is 4.74 Å². The number of carbonyl (C=O) groups excluding carboxylic acids is 2. The molecule has 0 heterocycles. The van der Waals surface area contributed by atoms with E-state index in [2.05, 4.69) is 42.8 Å². The van der Waals surface area contributed by atoms with Gasteiger partial charge in [0.1, 0.15) is 0 Å². The molecule has 0 aromatic heterocycles. The molecule has 9 heteroatoms. The van der Waals surface area contributed by atoms with E-state index >= 15 is 0 Å². The van der Waals surface area contributed by atoms with Crippen molar-refractivity contribution in [2.75, 3.05) is 19.8 Å². The number of hydrogen-bond acceptors (Lipinski definition) is 7. The normalized spacial score (nSPS) is 32.6. The van der Waals surface area contributed by atoms with E-state index in [1.54, 1.807) is 0 Å². The second-order valence-electron chi connectivity index (χ2n) is 11.8. The minimum atomic E-state index is -0.0412. The van der Waals surface area contributed by atoms with E-state index in [-0.39, 0.29) is 29.8 Å². The van der Waals surface area contributed by atoms with Crippen molar-refractivity contribution in [3.05, 3.63) is 0 Å². The fraction of sp³-hybridized carbons (Fsp3) is 0.926. The molecule has 0 aliphatic heterocycles. The molecular weight excluding hydrogens is 460 g/mol. The first-order valence-corrected chi connectivity index (χ1v) is 14.3. The van der Waals surface area contributed by atoms with Crippen LogP contribution in [0.2, 0.25) is 0 Å². The first kappa shape index (κ1) is 29.3. The quantitative estimate of drug-likeness (QED) is 0.220. The third-order valence-corrected chi connectivity index (χ3v) is 8.37. The first-order valence-electron chi connectivity index (χ1n) is 14.3. The molecule has 36 heavy (non-hydrogen) atoms. The van der Waals surface area contributed by atoms with Crippen molar-refractivity contribution in [2.24, 2.45) is 41.4 Å². The average Bonchev–Trinajstić information content (AvgIpc) is 2.85. The highest BCUT2D eigenvalue weighted by molar-refractivity contribution is 5.78. The largest absolute Gasteiger partial charge is 0.378 e. The monoisotopic (exact) mass is 510 g/mol. The fourth-order valence-corrected chi connectivity index (χ4v) is 6.35. The second-order valence-corrected chi connectivity index (χ2v) is 11.8. The second kappa shape index (κ2) is 15.2. The van der Waals surface area contributed by atoms with Gasteiger partial charge >= 0.3 is 0 Å². The van der Waals surface area contributed by atoms with Crippen LogP contribution in [0.1, 0.15) is 91.9 Å². The lowest BCUT2D eigenvalue weighted by molar-refractivity contribution is -0.137. The Kier molecular flexibility index (Phi) is 12.4. The van der Waals surface area contributed by atoms with Gasteiger partial charge in [0.2, 0.25) is 11.8 Å². The minimum Gasteiger partial charge on any atom is -0.378 e. The van der Waals surface area contributed by atoms with Crippen molar-refractivity contribution in [3.8, 4) is 0 Å². The molecule has 0 saturated heterocycles. The van der Waals surface area contributed by atoms with Crippen molar-refractivity contribution in [2.45, 2.75) is 98.0 Å². The van der Waals surface area contributed by atoms with E-state index < -0.39 is 0 Å². The van der Waals surface area contributed by atoms with Gasteiger partial charge in [-0.25, -0.2) is 0 Å². The summed E-state index contributed by atoms with van der Waals surface area (Å²) in [5.74, 6) is 2.91. The fourth-order valence-electron chi connectivity index (χ4n) is 6.35. The molecule has 208 valence electrons. The summed E-state index contributed by atoms with van der Waals surface area (Å²) in [4.78, 5) is 35.7. The van der Waals surface area contributed by atoms with Crippen LogP contribution < -0.4 is 22.0 Å². The van der Waals surface area contributed by atoms with Gasteiger partial charge in [-0.05, 0) is 101 Å². The zero-order valence-electron chi connectivity index (χ0n) is 22.9. The molecule has 3 aliphatic rings. The van der Waals surface area contributed by atoms with Crippen LogP contribution >= 0.6 is 0 Å². The van der Waals surface area contributed by atoms with Crippen LogP contribution in [-0.2, 0) is 24.0 Å². The predicted molar refractivity (Wildman–Crippen MR) is 137 cm³/mol. The maximum atomic E-state index is 12.7. The van der Waals surface area contributed by atoms with Crippen LogP contribution in [0.5, 0.6) is 0 Å². The van der Waals surface area contributed by atoms with E-state index in [1.165, 1.54) is 0 Å². The smallest absolute Gasteiger partial charge is 0.239 e. The van der Waals surface area contributed by atoms with Gasteiger partial charge in [0.15, 0.2) is 0 Å². The van der Waals surface area contributed by atoms with Crippen molar-refractivity contribution in [3.63, 3.8) is 0 Å². The zero-order valence-corrected chi connectivity index (χ0v) is 22.9. The molecule has 0 bridgehead atoms. The van der Waals surface area contributed by atoms with Gasteiger partial charge in [-0.2, -0.15) is 0 Å². The zero-order chi connectivity index (χ0) is 25.9. The van der Waals surface area contributed by atoms with Crippen molar-refractivity contribution >= 4 is 11.8 Å². The van der Waals surface area contributed by atoms with Gasteiger partial charge in [-0.3, -0.25) is 30.1 Å². The Labute approximate surface area is 217 Å². The summed E-state index contributed by atoms with van der Waals surface area (Å²) in [6, 6.07) is 0. The summed E-state index contributed by atoms with van der Waals surface area (Å²) in [5.41, 5.74) is 10.7. The Morgan fingerprint density at radius 3 is 2.28 bits per heavy atom. The Balaban J connectivity index is 1.30. The third kappa shape index (κ3) is 9.56. The number of carbonyl (C=O) groups is 2. The molecular formula is C27H50N4O5. The number of hydrazine groups is 2. The molecule has 3 fully saturated rings. The molecule has 9 nitrogen and oxygen atoms in total. The number of hydrogen-bond donors (Lipinski definition) is 4. The number of rotatable bonds is 13. The summed E-state index contributed by atoms with van der Waals surface area (Å²) >= 11 is 0. The van der Waals surface area contributed by atoms with E-state index in [0.717, 1.165) is 70.8 Å². The number of ether oxygens (including phenoxy) is 1. The molecule has 3 rings (SSSR count). The highest BCUT2D eigenvalue weighted by Crippen LogP contribution is 2.44. The molecule has 0 radical (unpaired) electrons. The molecule has 7 unspecified atom stereocenters. The Hall–Kier alpha value is -1.26. The molecule has 7 atom stereocenters. The lowest BCUT2D eigenvalue weighted by atomic mass is 9.65. The third-order valence-electron chi connectivity index (χ3n) is 8.37. The Morgan fingerprint density at radius 1 is 0.833 bits per heavy atom. The molecule has 0 aromatic carbocycles. The molecule has 3 saturated carbocycles. The van der Waals surface area contributed by atoms with Crippen LogP contribution in [0.25, 0.3) is 0 Å². The molecule has 2 amide bonds. The van der Waals surface area contributed by atoms with E-state index in [0.29, 0.717) is 42.8 Å². The Bertz CT molecular complexity index is 679. The molecule has 0 aromatic rings. The summed E-state index contributed by atoms with van der Waals surface area (Å²) in [5, 5.41) is 0. The average molecular weight is 511 g/mol. The summed E-state index contributed by atoms with van der Waals surface area (Å²) in [6.45, 7) is 10.3. The first-order chi connectivity index (χ1) is 17.4. The molecule has 0 spiro atoms. The predicted octanol–water partition coefficient (Wildman–Crippen LogP) is 3.81. The van der Waals surface area contributed by atoms with E-state index in [1.807, 2.05) is 6.92 Å². The maximum Gasteiger partial charge on any atom is 0.239 e. The number of amides is 2. The number of fused-ring (bicyclic) bond motifs is 1. The lowest BCUT2D eigenvalue weighted by Gasteiger charge is -2.41. The summed E-state index contributed by atoms with van der Waals surface area (Å²) < 4.78 is 6.07. The van der Waals surface area contributed by atoms with Crippen LogP contribution in [0, 0.1) is 41.4 Å². The lowest BCUT2D eigenvalue weighted by Crippen LogP contribution is -2.45. The van der Waals surface area contributed by atoms with Crippen LogP contribution in [-0.4, -0.2) is 37.7 Å². The van der Waals surface area contributed by atoms with Crippen molar-refractivity contribution < 1.29 is 24.0 Å². The number of nitrogens with one attached hydrogen (secondary N) is 4. The highest BCUT2D eigenvalue weighted by atomic mass is 16.7. The van der Waals surface area contributed by atoms with Crippen molar-refractivity contribution in [1.82, 2.24) is 22.0 Å². The van der Waals surface area contributed by atoms with Gasteiger partial charge in [-0.15, -0.1) is 11.2 Å². The summed E-state index contributed by atoms with van der Waals surface area (Å²) in [7, 11) is 0. The van der Waals surface area contributed by atoms with Crippen LogP contribution in [0.3, 0.4) is 0 Å². The Morgan fingerprint density at radius 2 is 1.53 bits per heavy atom. The van der Waals surface area contributed by atoms with Crippen molar-refractivity contribution in [1.29, 1.82) is 0 Å². The van der Waals surface area contributed by atoms with Gasteiger partial charge in [0.25, 0.3) is 0 Å². The highest BCUT2D eigenvalue weighted by Gasteiger charge is 2.38. The van der Waals surface area contributed by atoms with Crippen LogP contribution in [0.15, 0.2) is 0 Å². The minimum absolute atomic E-state index is 0.00172. The van der Waals surface area contributed by atoms with E-state index in [9.17, 15) is 9.59 Å². The van der Waals surface area contributed by atoms with E-state index in [4.69, 9.17) is 14.4 Å². The SMILES string of the molecule is CCONNC(=O)C1CCC2CC(CONNC(=O)C3CC(C)CC(OCCC(C)C)C3)CCC2C1.